The Bertz CT molecular complexity index is 500. The van der Waals surface area contributed by atoms with E-state index in [1.807, 2.05) is 0 Å². The van der Waals surface area contributed by atoms with Crippen LogP contribution < -0.4 is 0 Å². The second kappa shape index (κ2) is 5.88. The van der Waals surface area contributed by atoms with Crippen LogP contribution in [0.3, 0.4) is 0 Å². The Labute approximate surface area is 107 Å². The highest BCUT2D eigenvalue weighted by molar-refractivity contribution is 9.10. The molecule has 0 aliphatic carbocycles. The lowest BCUT2D eigenvalue weighted by molar-refractivity contribution is 0.0791. The zero-order valence-corrected chi connectivity index (χ0v) is 10.3. The average Bonchev–Trinajstić information content (AvgIpc) is 2.31. The summed E-state index contributed by atoms with van der Waals surface area (Å²) < 4.78 is 0.632. The predicted octanol–water partition coefficient (Wildman–Crippen LogP) is 1.64. The third-order valence-corrected chi connectivity index (χ3v) is 2.49. The summed E-state index contributed by atoms with van der Waals surface area (Å²) in [6.45, 7) is -0.392. The van der Waals surface area contributed by atoms with Crippen LogP contribution in [0.1, 0.15) is 10.4 Å². The summed E-state index contributed by atoms with van der Waals surface area (Å²) in [6.07, 6.45) is 0. The summed E-state index contributed by atoms with van der Waals surface area (Å²) in [6, 6.07) is 8.00. The SMILES string of the molecule is N#CCN(CC#N)C(=O)c1cc(Br)ccc1O. The van der Waals surface area contributed by atoms with Crippen molar-refractivity contribution in [2.24, 2.45) is 0 Å². The number of amides is 1. The minimum absolute atomic E-state index is 0.0601. The Morgan fingerprint density at radius 2 is 1.94 bits per heavy atom. The van der Waals surface area contributed by atoms with Gasteiger partial charge in [0.15, 0.2) is 0 Å². The first kappa shape index (κ1) is 13.0. The number of nitrogens with zero attached hydrogens (tertiary/aromatic N) is 3. The number of hydrogen-bond acceptors (Lipinski definition) is 4. The van der Waals surface area contributed by atoms with E-state index in [1.54, 1.807) is 18.2 Å². The highest BCUT2D eigenvalue weighted by Crippen LogP contribution is 2.23. The van der Waals surface area contributed by atoms with Gasteiger partial charge in [-0.15, -0.1) is 0 Å². The van der Waals surface area contributed by atoms with Crippen molar-refractivity contribution in [3.63, 3.8) is 0 Å². The van der Waals surface area contributed by atoms with E-state index < -0.39 is 5.91 Å². The van der Waals surface area contributed by atoms with Gasteiger partial charge in [-0.2, -0.15) is 10.5 Å². The molecule has 1 aromatic carbocycles. The van der Waals surface area contributed by atoms with Gasteiger partial charge in [-0.05, 0) is 18.2 Å². The van der Waals surface area contributed by atoms with Gasteiger partial charge in [0.05, 0.1) is 17.7 Å². The van der Waals surface area contributed by atoms with Gasteiger partial charge >= 0.3 is 0 Å². The Morgan fingerprint density at radius 1 is 1.35 bits per heavy atom. The van der Waals surface area contributed by atoms with Gasteiger partial charge in [-0.25, -0.2) is 0 Å². The molecule has 1 rings (SSSR count). The standard InChI is InChI=1S/C11H8BrN3O2/c12-8-1-2-10(16)9(7-8)11(17)15(5-3-13)6-4-14/h1-2,7,16H,5-6H2. The molecule has 1 aromatic rings. The molecule has 0 aliphatic heterocycles. The molecule has 1 N–H and O–H groups in total. The molecular formula is C11H8BrN3O2. The monoisotopic (exact) mass is 293 g/mol. The number of carbonyl (C=O) groups excluding carboxylic acids is 1. The van der Waals surface area contributed by atoms with Crippen molar-refractivity contribution in [3.05, 3.63) is 28.2 Å². The summed E-state index contributed by atoms with van der Waals surface area (Å²) in [5.74, 6) is -0.731. The molecule has 0 unspecified atom stereocenters. The first-order valence-electron chi connectivity index (χ1n) is 4.62. The number of rotatable bonds is 3. The van der Waals surface area contributed by atoms with E-state index in [9.17, 15) is 9.90 Å². The Balaban J connectivity index is 3.06. The summed E-state index contributed by atoms with van der Waals surface area (Å²) in [5.41, 5.74) is 0.0601. The number of phenols is 1. The Kier molecular flexibility index (Phi) is 4.50. The van der Waals surface area contributed by atoms with Crippen LogP contribution >= 0.6 is 15.9 Å². The number of phenolic OH excluding ortho intramolecular Hbond substituents is 1. The molecule has 17 heavy (non-hydrogen) atoms. The minimum atomic E-state index is -0.549. The maximum absolute atomic E-state index is 11.9. The van der Waals surface area contributed by atoms with Gasteiger partial charge in [0, 0.05) is 4.47 Å². The molecule has 0 spiro atoms. The first-order chi connectivity index (χ1) is 8.10. The number of hydrogen-bond donors (Lipinski definition) is 1. The molecule has 86 valence electrons. The Morgan fingerprint density at radius 3 is 2.47 bits per heavy atom. The van der Waals surface area contributed by atoms with Gasteiger partial charge in [0.1, 0.15) is 18.8 Å². The molecule has 0 aromatic heterocycles. The van der Waals surface area contributed by atoms with Crippen LogP contribution in [0.5, 0.6) is 5.75 Å². The molecular weight excluding hydrogens is 286 g/mol. The highest BCUT2D eigenvalue weighted by Gasteiger charge is 2.18. The highest BCUT2D eigenvalue weighted by atomic mass is 79.9. The number of benzene rings is 1. The summed E-state index contributed by atoms with van der Waals surface area (Å²) in [7, 11) is 0. The molecule has 0 saturated heterocycles. The quantitative estimate of drug-likeness (QED) is 0.858. The zero-order chi connectivity index (χ0) is 12.8. The summed E-state index contributed by atoms with van der Waals surface area (Å²) >= 11 is 3.18. The van der Waals surface area contributed by atoms with E-state index in [1.165, 1.54) is 12.1 Å². The van der Waals surface area contributed by atoms with Crippen molar-refractivity contribution < 1.29 is 9.90 Å². The van der Waals surface area contributed by atoms with Crippen LogP contribution in [0.15, 0.2) is 22.7 Å². The van der Waals surface area contributed by atoms with Crippen LogP contribution in [0.4, 0.5) is 0 Å². The molecule has 0 bridgehead atoms. The van der Waals surface area contributed by atoms with Gasteiger partial charge in [-0.3, -0.25) is 4.79 Å². The van der Waals surface area contributed by atoms with E-state index in [-0.39, 0.29) is 24.4 Å². The number of carbonyl (C=O) groups is 1. The fourth-order valence-electron chi connectivity index (χ4n) is 1.22. The lowest BCUT2D eigenvalue weighted by Crippen LogP contribution is -2.31. The molecule has 0 fully saturated rings. The first-order valence-corrected chi connectivity index (χ1v) is 5.41. The predicted molar refractivity (Wildman–Crippen MR) is 62.9 cm³/mol. The molecule has 6 heteroatoms. The van der Waals surface area contributed by atoms with E-state index in [0.29, 0.717) is 4.47 Å². The van der Waals surface area contributed by atoms with Crippen molar-refractivity contribution in [1.29, 1.82) is 10.5 Å². The fraction of sp³-hybridized carbons (Fsp3) is 0.182. The van der Waals surface area contributed by atoms with E-state index in [0.717, 1.165) is 4.90 Å². The average molecular weight is 294 g/mol. The Hall–Kier alpha value is -2.05. The lowest BCUT2D eigenvalue weighted by atomic mass is 10.1. The van der Waals surface area contributed by atoms with Crippen LogP contribution in [-0.2, 0) is 0 Å². The number of nitriles is 2. The third kappa shape index (κ3) is 3.20. The maximum Gasteiger partial charge on any atom is 0.259 e. The van der Waals surface area contributed by atoms with Crippen molar-refractivity contribution in [1.82, 2.24) is 4.90 Å². The van der Waals surface area contributed by atoms with Crippen LogP contribution in [-0.4, -0.2) is 29.0 Å². The number of halogens is 1. The molecule has 0 heterocycles. The van der Waals surface area contributed by atoms with Crippen molar-refractivity contribution in [2.75, 3.05) is 13.1 Å². The van der Waals surface area contributed by atoms with E-state index >= 15 is 0 Å². The lowest BCUT2D eigenvalue weighted by Gasteiger charge is -2.16. The largest absolute Gasteiger partial charge is 0.507 e. The summed E-state index contributed by atoms with van der Waals surface area (Å²) in [5, 5.41) is 26.7. The van der Waals surface area contributed by atoms with Gasteiger partial charge in [0.2, 0.25) is 0 Å². The van der Waals surface area contributed by atoms with Crippen molar-refractivity contribution in [2.45, 2.75) is 0 Å². The second-order valence-corrected chi connectivity index (χ2v) is 4.05. The number of aromatic hydroxyl groups is 1. The second-order valence-electron chi connectivity index (χ2n) is 3.14. The third-order valence-electron chi connectivity index (χ3n) is 2.00. The zero-order valence-electron chi connectivity index (χ0n) is 8.72. The van der Waals surface area contributed by atoms with Gasteiger partial charge < -0.3 is 10.0 Å². The van der Waals surface area contributed by atoms with E-state index in [2.05, 4.69) is 15.9 Å². The topological polar surface area (TPSA) is 88.1 Å². The van der Waals surface area contributed by atoms with Crippen molar-refractivity contribution >= 4 is 21.8 Å². The van der Waals surface area contributed by atoms with Crippen LogP contribution in [0.2, 0.25) is 0 Å². The summed E-state index contributed by atoms with van der Waals surface area (Å²) in [4.78, 5) is 13.0. The maximum atomic E-state index is 11.9. The molecule has 1 amide bonds. The molecule has 0 radical (unpaired) electrons. The molecule has 0 atom stereocenters. The van der Waals surface area contributed by atoms with Crippen LogP contribution in [0.25, 0.3) is 0 Å². The minimum Gasteiger partial charge on any atom is -0.507 e. The van der Waals surface area contributed by atoms with Crippen LogP contribution in [0, 0.1) is 22.7 Å². The molecule has 0 aliphatic rings. The molecule has 0 saturated carbocycles. The van der Waals surface area contributed by atoms with E-state index in [4.69, 9.17) is 10.5 Å². The smallest absolute Gasteiger partial charge is 0.259 e. The molecule has 5 nitrogen and oxygen atoms in total. The van der Waals surface area contributed by atoms with Crippen molar-refractivity contribution in [3.8, 4) is 17.9 Å². The van der Waals surface area contributed by atoms with Gasteiger partial charge in [-0.1, -0.05) is 15.9 Å². The normalized spacial score (nSPS) is 9.12. The fourth-order valence-corrected chi connectivity index (χ4v) is 1.58. The van der Waals surface area contributed by atoms with Gasteiger partial charge in [0.25, 0.3) is 5.91 Å².